The first kappa shape index (κ1) is 14.7. The molecule has 1 aromatic carbocycles. The molecule has 2 bridgehead atoms. The molecule has 2 N–H and O–H groups in total. The summed E-state index contributed by atoms with van der Waals surface area (Å²) in [5.41, 5.74) is -0.555. The normalized spacial score (nSPS) is 32.2. The van der Waals surface area contributed by atoms with Crippen molar-refractivity contribution in [3.8, 4) is 5.75 Å². The Balaban J connectivity index is 1.78. The van der Waals surface area contributed by atoms with Gasteiger partial charge in [0, 0.05) is 18.5 Å². The van der Waals surface area contributed by atoms with Gasteiger partial charge in [-0.3, -0.25) is 0 Å². The van der Waals surface area contributed by atoms with Crippen molar-refractivity contribution in [1.82, 2.24) is 5.32 Å². The van der Waals surface area contributed by atoms with Gasteiger partial charge in [0.2, 0.25) is 0 Å². The number of benzene rings is 1. The van der Waals surface area contributed by atoms with Gasteiger partial charge >= 0.3 is 6.36 Å². The van der Waals surface area contributed by atoms with Crippen LogP contribution in [0.3, 0.4) is 0 Å². The minimum Gasteiger partial charge on any atom is -0.406 e. The van der Waals surface area contributed by atoms with Crippen LogP contribution in [0.5, 0.6) is 5.75 Å². The van der Waals surface area contributed by atoms with Gasteiger partial charge in [0.25, 0.3) is 0 Å². The number of alkyl halides is 3. The van der Waals surface area contributed by atoms with Crippen molar-refractivity contribution in [3.05, 3.63) is 29.8 Å². The van der Waals surface area contributed by atoms with E-state index in [1.165, 1.54) is 12.1 Å². The SMILES string of the molecule is OC1(Cc2ccccc2OC(F)(F)F)CC2CCC(C1)N2. The van der Waals surface area contributed by atoms with E-state index < -0.39 is 12.0 Å². The number of hydrogen-bond acceptors (Lipinski definition) is 3. The van der Waals surface area contributed by atoms with Crippen molar-refractivity contribution in [2.45, 2.75) is 56.2 Å². The number of rotatable bonds is 3. The average molecular weight is 301 g/mol. The van der Waals surface area contributed by atoms with Crippen molar-refractivity contribution in [2.75, 3.05) is 0 Å². The topological polar surface area (TPSA) is 41.5 Å². The first-order chi connectivity index (χ1) is 9.83. The van der Waals surface area contributed by atoms with Gasteiger partial charge in [-0.05, 0) is 37.3 Å². The van der Waals surface area contributed by atoms with E-state index in [1.54, 1.807) is 12.1 Å². The highest BCUT2D eigenvalue weighted by atomic mass is 19.4. The van der Waals surface area contributed by atoms with E-state index in [0.717, 1.165) is 12.8 Å². The van der Waals surface area contributed by atoms with E-state index in [9.17, 15) is 18.3 Å². The summed E-state index contributed by atoms with van der Waals surface area (Å²) in [6.45, 7) is 0. The third-order valence-corrected chi connectivity index (χ3v) is 4.31. The third kappa shape index (κ3) is 3.49. The summed E-state index contributed by atoms with van der Waals surface area (Å²) in [5, 5.41) is 14.2. The maximum Gasteiger partial charge on any atom is 0.573 e. The lowest BCUT2D eigenvalue weighted by molar-refractivity contribution is -0.275. The molecular formula is C15H18F3NO2. The van der Waals surface area contributed by atoms with Crippen LogP contribution >= 0.6 is 0 Å². The Labute approximate surface area is 121 Å². The molecule has 0 radical (unpaired) electrons. The number of hydrogen-bond donors (Lipinski definition) is 2. The van der Waals surface area contributed by atoms with Crippen LogP contribution in [0.1, 0.15) is 31.2 Å². The molecule has 0 amide bonds. The molecule has 0 spiro atoms. The van der Waals surface area contributed by atoms with Crippen LogP contribution in [0.15, 0.2) is 24.3 Å². The predicted octanol–water partition coefficient (Wildman–Crippen LogP) is 2.77. The number of para-hydroxylation sites is 1. The Morgan fingerprint density at radius 2 is 1.81 bits per heavy atom. The number of piperidine rings is 1. The second-order valence-corrected chi connectivity index (χ2v) is 6.10. The maximum atomic E-state index is 12.4. The molecule has 3 nitrogen and oxygen atoms in total. The molecule has 116 valence electrons. The zero-order valence-electron chi connectivity index (χ0n) is 11.5. The van der Waals surface area contributed by atoms with E-state index in [0.29, 0.717) is 18.4 Å². The Morgan fingerprint density at radius 3 is 2.43 bits per heavy atom. The summed E-state index contributed by atoms with van der Waals surface area (Å²) in [4.78, 5) is 0. The molecule has 0 aliphatic carbocycles. The molecule has 2 aliphatic heterocycles. The predicted molar refractivity (Wildman–Crippen MR) is 71.0 cm³/mol. The van der Waals surface area contributed by atoms with E-state index in [2.05, 4.69) is 10.1 Å². The lowest BCUT2D eigenvalue weighted by atomic mass is 9.82. The van der Waals surface area contributed by atoms with Gasteiger partial charge in [0.15, 0.2) is 0 Å². The van der Waals surface area contributed by atoms with Gasteiger partial charge in [-0.1, -0.05) is 18.2 Å². The second kappa shape index (κ2) is 5.18. The molecule has 2 heterocycles. The van der Waals surface area contributed by atoms with E-state index in [-0.39, 0.29) is 24.3 Å². The Bertz CT molecular complexity index is 506. The summed E-state index contributed by atoms with van der Waals surface area (Å²) >= 11 is 0. The fourth-order valence-electron chi connectivity index (χ4n) is 3.60. The summed E-state index contributed by atoms with van der Waals surface area (Å²) in [6, 6.07) is 6.58. The number of ether oxygens (including phenoxy) is 1. The highest BCUT2D eigenvalue weighted by Gasteiger charge is 2.43. The van der Waals surface area contributed by atoms with Gasteiger partial charge in [0.1, 0.15) is 5.75 Å². The monoisotopic (exact) mass is 301 g/mol. The van der Waals surface area contributed by atoms with Crippen molar-refractivity contribution < 1.29 is 23.0 Å². The lowest BCUT2D eigenvalue weighted by Crippen LogP contribution is -2.49. The molecule has 3 rings (SSSR count). The molecule has 2 unspecified atom stereocenters. The largest absolute Gasteiger partial charge is 0.573 e. The summed E-state index contributed by atoms with van der Waals surface area (Å²) in [6.07, 6.45) is -1.34. The molecular weight excluding hydrogens is 283 g/mol. The molecule has 2 aliphatic rings. The molecule has 2 saturated heterocycles. The van der Waals surface area contributed by atoms with E-state index >= 15 is 0 Å². The maximum absolute atomic E-state index is 12.4. The fraction of sp³-hybridized carbons (Fsp3) is 0.600. The highest BCUT2D eigenvalue weighted by Crippen LogP contribution is 2.38. The van der Waals surface area contributed by atoms with Crippen molar-refractivity contribution in [2.24, 2.45) is 0 Å². The number of nitrogens with one attached hydrogen (secondary N) is 1. The summed E-state index contributed by atoms with van der Waals surface area (Å²) in [5.74, 6) is -0.218. The minimum atomic E-state index is -4.72. The number of aliphatic hydroxyl groups is 1. The molecule has 21 heavy (non-hydrogen) atoms. The summed E-state index contributed by atoms with van der Waals surface area (Å²) < 4.78 is 41.4. The Hall–Kier alpha value is -1.27. The quantitative estimate of drug-likeness (QED) is 0.902. The molecule has 6 heteroatoms. The van der Waals surface area contributed by atoms with Crippen LogP contribution in [0, 0.1) is 0 Å². The second-order valence-electron chi connectivity index (χ2n) is 6.10. The molecule has 0 saturated carbocycles. The number of halogens is 3. The zero-order valence-corrected chi connectivity index (χ0v) is 11.5. The van der Waals surface area contributed by atoms with Gasteiger partial charge in [-0.2, -0.15) is 0 Å². The Kier molecular flexibility index (Phi) is 3.61. The molecule has 2 fully saturated rings. The molecule has 1 aromatic rings. The summed E-state index contributed by atoms with van der Waals surface area (Å²) in [7, 11) is 0. The van der Waals surface area contributed by atoms with Gasteiger partial charge in [0.05, 0.1) is 5.60 Å². The van der Waals surface area contributed by atoms with Gasteiger partial charge < -0.3 is 15.2 Å². The van der Waals surface area contributed by atoms with Gasteiger partial charge in [-0.25, -0.2) is 0 Å². The first-order valence-electron chi connectivity index (χ1n) is 7.15. The van der Waals surface area contributed by atoms with Crippen LogP contribution in [-0.2, 0) is 6.42 Å². The minimum absolute atomic E-state index is 0.188. The first-order valence-corrected chi connectivity index (χ1v) is 7.15. The number of fused-ring (bicyclic) bond motifs is 2. The average Bonchev–Trinajstić information content (AvgIpc) is 2.70. The lowest BCUT2D eigenvalue weighted by Gasteiger charge is -2.37. The highest BCUT2D eigenvalue weighted by molar-refractivity contribution is 5.35. The van der Waals surface area contributed by atoms with E-state index in [4.69, 9.17) is 0 Å². The van der Waals surface area contributed by atoms with Crippen LogP contribution < -0.4 is 10.1 Å². The Morgan fingerprint density at radius 1 is 1.19 bits per heavy atom. The van der Waals surface area contributed by atoms with Gasteiger partial charge in [-0.15, -0.1) is 13.2 Å². The standard InChI is InChI=1S/C15H18F3NO2/c16-15(17,18)21-13-4-2-1-3-10(13)7-14(20)8-11-5-6-12(9-14)19-11/h1-4,11-12,19-20H,5-9H2. The van der Waals surface area contributed by atoms with Crippen LogP contribution in [0.4, 0.5) is 13.2 Å². The smallest absolute Gasteiger partial charge is 0.406 e. The van der Waals surface area contributed by atoms with Crippen LogP contribution in [-0.4, -0.2) is 29.2 Å². The van der Waals surface area contributed by atoms with Crippen molar-refractivity contribution >= 4 is 0 Å². The van der Waals surface area contributed by atoms with Crippen molar-refractivity contribution in [1.29, 1.82) is 0 Å². The van der Waals surface area contributed by atoms with Crippen LogP contribution in [0.2, 0.25) is 0 Å². The van der Waals surface area contributed by atoms with E-state index in [1.807, 2.05) is 0 Å². The molecule has 2 atom stereocenters. The molecule has 0 aromatic heterocycles. The van der Waals surface area contributed by atoms with Crippen LogP contribution in [0.25, 0.3) is 0 Å². The fourth-order valence-corrected chi connectivity index (χ4v) is 3.60. The van der Waals surface area contributed by atoms with Crippen molar-refractivity contribution in [3.63, 3.8) is 0 Å². The zero-order chi connectivity index (χ0) is 15.1. The third-order valence-electron chi connectivity index (χ3n) is 4.31.